The van der Waals surface area contributed by atoms with Crippen molar-refractivity contribution in [3.63, 3.8) is 0 Å². The van der Waals surface area contributed by atoms with Gasteiger partial charge < -0.3 is 9.67 Å². The summed E-state index contributed by atoms with van der Waals surface area (Å²) in [4.78, 5) is 20.6. The summed E-state index contributed by atoms with van der Waals surface area (Å²) in [6.07, 6.45) is 4.70. The summed E-state index contributed by atoms with van der Waals surface area (Å²) in [5, 5.41) is 9.24. The van der Waals surface area contributed by atoms with Crippen LogP contribution >= 0.6 is 0 Å². The molecule has 1 fully saturated rings. The highest BCUT2D eigenvalue weighted by Gasteiger charge is 2.24. The normalized spacial score (nSPS) is 15.2. The fourth-order valence-electron chi connectivity index (χ4n) is 3.61. The molecule has 1 aromatic carbocycles. The molecule has 0 spiro atoms. The molecule has 0 bridgehead atoms. The van der Waals surface area contributed by atoms with E-state index in [4.69, 9.17) is 4.98 Å². The van der Waals surface area contributed by atoms with Crippen molar-refractivity contribution in [2.45, 2.75) is 38.6 Å². The van der Waals surface area contributed by atoms with Crippen LogP contribution in [0, 0.1) is 6.92 Å². The van der Waals surface area contributed by atoms with Gasteiger partial charge in [0.1, 0.15) is 5.69 Å². The number of hydrogen-bond donors (Lipinski definition) is 1. The van der Waals surface area contributed by atoms with Crippen LogP contribution in [-0.4, -0.2) is 25.6 Å². The Morgan fingerprint density at radius 3 is 2.67 bits per heavy atom. The zero-order valence-corrected chi connectivity index (χ0v) is 13.6. The molecule has 0 radical (unpaired) electrons. The summed E-state index contributed by atoms with van der Waals surface area (Å²) < 4.78 is 2.26. The molecule has 24 heavy (non-hydrogen) atoms. The molecule has 5 heteroatoms. The van der Waals surface area contributed by atoms with Crippen LogP contribution in [0.1, 0.15) is 47.8 Å². The minimum atomic E-state index is -0.928. The van der Waals surface area contributed by atoms with Crippen LogP contribution in [0.2, 0.25) is 0 Å². The highest BCUT2D eigenvalue weighted by molar-refractivity contribution is 5.93. The number of nitrogens with zero attached hydrogens (tertiary/aromatic N) is 3. The second kappa shape index (κ2) is 5.74. The second-order valence-electron chi connectivity index (χ2n) is 6.42. The highest BCUT2D eigenvalue weighted by Crippen LogP contribution is 2.36. The molecule has 1 aliphatic carbocycles. The number of benzene rings is 1. The van der Waals surface area contributed by atoms with E-state index < -0.39 is 5.97 Å². The molecule has 122 valence electrons. The Morgan fingerprint density at radius 1 is 1.17 bits per heavy atom. The zero-order valence-electron chi connectivity index (χ0n) is 13.6. The van der Waals surface area contributed by atoms with E-state index in [1.165, 1.54) is 12.8 Å². The Morgan fingerprint density at radius 2 is 1.96 bits per heavy atom. The lowest BCUT2D eigenvalue weighted by Gasteiger charge is -2.16. The third-order valence-electron chi connectivity index (χ3n) is 4.74. The molecule has 0 aliphatic heterocycles. The topological polar surface area (TPSA) is 68.0 Å². The van der Waals surface area contributed by atoms with E-state index in [1.807, 2.05) is 31.2 Å². The van der Waals surface area contributed by atoms with Gasteiger partial charge in [-0.2, -0.15) is 0 Å². The van der Waals surface area contributed by atoms with Crippen molar-refractivity contribution in [1.82, 2.24) is 14.5 Å². The second-order valence-corrected chi connectivity index (χ2v) is 6.42. The van der Waals surface area contributed by atoms with Gasteiger partial charge in [0.25, 0.3) is 0 Å². The zero-order chi connectivity index (χ0) is 16.7. The number of aromatic nitrogens is 3. The number of carboxylic acid groups (broad SMARTS) is 1. The van der Waals surface area contributed by atoms with Crippen molar-refractivity contribution < 1.29 is 9.90 Å². The van der Waals surface area contributed by atoms with Crippen LogP contribution in [0.4, 0.5) is 0 Å². The van der Waals surface area contributed by atoms with E-state index in [9.17, 15) is 9.90 Å². The average Bonchev–Trinajstić information content (AvgIpc) is 3.21. The van der Waals surface area contributed by atoms with Crippen molar-refractivity contribution in [3.05, 3.63) is 47.7 Å². The standard InChI is InChI=1S/C19H19N3O2/c1-12-5-4-8-15(20-12)18-21-16-11-13(19(23)24)9-10-17(16)22(18)14-6-2-3-7-14/h4-5,8-11,14H,2-3,6-7H2,1H3,(H,23,24). The maximum atomic E-state index is 11.3. The van der Waals surface area contributed by atoms with Crippen LogP contribution in [0.15, 0.2) is 36.4 Å². The van der Waals surface area contributed by atoms with Crippen molar-refractivity contribution in [3.8, 4) is 11.5 Å². The van der Waals surface area contributed by atoms with E-state index in [2.05, 4.69) is 9.55 Å². The predicted octanol–water partition coefficient (Wildman–Crippen LogP) is 4.22. The van der Waals surface area contributed by atoms with Crippen LogP contribution in [0.3, 0.4) is 0 Å². The number of aromatic carboxylic acids is 1. The quantitative estimate of drug-likeness (QED) is 0.784. The summed E-state index contributed by atoms with van der Waals surface area (Å²) in [5.74, 6) is -0.0920. The summed E-state index contributed by atoms with van der Waals surface area (Å²) in [7, 11) is 0. The molecule has 0 atom stereocenters. The van der Waals surface area contributed by atoms with Crippen LogP contribution in [0.25, 0.3) is 22.6 Å². The minimum Gasteiger partial charge on any atom is -0.478 e. The average molecular weight is 321 g/mol. The maximum Gasteiger partial charge on any atom is 0.335 e. The lowest BCUT2D eigenvalue weighted by Crippen LogP contribution is -2.07. The van der Waals surface area contributed by atoms with Crippen molar-refractivity contribution in [2.75, 3.05) is 0 Å². The van der Waals surface area contributed by atoms with Gasteiger partial charge >= 0.3 is 5.97 Å². The summed E-state index contributed by atoms with van der Waals surface area (Å²) in [6.45, 7) is 1.97. The lowest BCUT2D eigenvalue weighted by atomic mass is 10.2. The van der Waals surface area contributed by atoms with Gasteiger partial charge in [-0.05, 0) is 50.1 Å². The molecule has 0 saturated heterocycles. The van der Waals surface area contributed by atoms with Crippen molar-refractivity contribution in [1.29, 1.82) is 0 Å². The molecule has 3 aromatic rings. The van der Waals surface area contributed by atoms with Crippen LogP contribution in [-0.2, 0) is 0 Å². The third kappa shape index (κ3) is 2.46. The molecule has 0 unspecified atom stereocenters. The molecule has 0 amide bonds. The van der Waals surface area contributed by atoms with E-state index in [0.29, 0.717) is 6.04 Å². The number of carbonyl (C=O) groups is 1. The van der Waals surface area contributed by atoms with Gasteiger partial charge in [-0.15, -0.1) is 0 Å². The van der Waals surface area contributed by atoms with Gasteiger partial charge in [0.15, 0.2) is 5.82 Å². The molecule has 5 nitrogen and oxygen atoms in total. The lowest BCUT2D eigenvalue weighted by molar-refractivity contribution is 0.0697. The van der Waals surface area contributed by atoms with E-state index in [1.54, 1.807) is 12.1 Å². The third-order valence-corrected chi connectivity index (χ3v) is 4.74. The smallest absolute Gasteiger partial charge is 0.335 e. The Labute approximate surface area is 140 Å². The highest BCUT2D eigenvalue weighted by atomic mass is 16.4. The number of fused-ring (bicyclic) bond motifs is 1. The molecule has 2 aromatic heterocycles. The van der Waals surface area contributed by atoms with Gasteiger partial charge in [-0.1, -0.05) is 18.9 Å². The Hall–Kier alpha value is -2.69. The van der Waals surface area contributed by atoms with Gasteiger partial charge in [-0.25, -0.2) is 14.8 Å². The predicted molar refractivity (Wildman–Crippen MR) is 92.2 cm³/mol. The van der Waals surface area contributed by atoms with Crippen LogP contribution in [0.5, 0.6) is 0 Å². The fourth-order valence-corrected chi connectivity index (χ4v) is 3.61. The largest absolute Gasteiger partial charge is 0.478 e. The number of pyridine rings is 1. The summed E-state index contributed by atoms with van der Waals surface area (Å²) in [5.41, 5.74) is 3.77. The molecule has 2 heterocycles. The van der Waals surface area contributed by atoms with Crippen LogP contribution < -0.4 is 0 Å². The molecule has 1 aliphatic rings. The molecular weight excluding hydrogens is 302 g/mol. The van der Waals surface area contributed by atoms with E-state index in [0.717, 1.165) is 41.1 Å². The Balaban J connectivity index is 1.96. The Bertz CT molecular complexity index is 924. The van der Waals surface area contributed by atoms with Gasteiger partial charge in [-0.3, -0.25) is 0 Å². The number of imidazole rings is 1. The summed E-state index contributed by atoms with van der Waals surface area (Å²) >= 11 is 0. The van der Waals surface area contributed by atoms with Crippen molar-refractivity contribution >= 4 is 17.0 Å². The van der Waals surface area contributed by atoms with Gasteiger partial charge in [0.2, 0.25) is 0 Å². The first-order chi connectivity index (χ1) is 11.6. The first-order valence-corrected chi connectivity index (χ1v) is 8.33. The maximum absolute atomic E-state index is 11.3. The number of hydrogen-bond acceptors (Lipinski definition) is 3. The molecule has 4 rings (SSSR count). The van der Waals surface area contributed by atoms with Gasteiger partial charge in [0.05, 0.1) is 16.6 Å². The molecule has 1 N–H and O–H groups in total. The summed E-state index contributed by atoms with van der Waals surface area (Å²) in [6, 6.07) is 11.5. The van der Waals surface area contributed by atoms with Gasteiger partial charge in [0, 0.05) is 11.7 Å². The SMILES string of the molecule is Cc1cccc(-c2nc3cc(C(=O)O)ccc3n2C2CCCC2)n1. The number of rotatable bonds is 3. The number of carboxylic acids is 1. The molecular formula is C19H19N3O2. The van der Waals surface area contributed by atoms with Crippen molar-refractivity contribution in [2.24, 2.45) is 0 Å². The first kappa shape index (κ1) is 14.9. The fraction of sp³-hybridized carbons (Fsp3) is 0.316. The van der Waals surface area contributed by atoms with E-state index in [-0.39, 0.29) is 5.56 Å². The first-order valence-electron chi connectivity index (χ1n) is 8.33. The van der Waals surface area contributed by atoms with E-state index >= 15 is 0 Å². The minimum absolute atomic E-state index is 0.266. The molecule has 1 saturated carbocycles. The number of aryl methyl sites for hydroxylation is 1. The monoisotopic (exact) mass is 321 g/mol. The Kier molecular flexibility index (Phi) is 3.56.